The molecule has 4 amide bonds. The van der Waals surface area contributed by atoms with E-state index < -0.39 is 53.3 Å². The third kappa shape index (κ3) is 6.56. The van der Waals surface area contributed by atoms with Crippen LogP contribution in [0.2, 0.25) is 0 Å². The van der Waals surface area contributed by atoms with Crippen molar-refractivity contribution in [2.75, 3.05) is 6.79 Å². The molecule has 4 rings (SSSR count). The Morgan fingerprint density at radius 2 is 1.75 bits per heavy atom. The van der Waals surface area contributed by atoms with Crippen LogP contribution in [0, 0.1) is 17.8 Å². The van der Waals surface area contributed by atoms with Gasteiger partial charge in [0.25, 0.3) is 0 Å². The van der Waals surface area contributed by atoms with Gasteiger partial charge in [0.05, 0.1) is 24.4 Å². The highest BCUT2D eigenvalue weighted by atomic mass is 16.7. The van der Waals surface area contributed by atoms with Crippen LogP contribution in [0.4, 0.5) is 0 Å². The van der Waals surface area contributed by atoms with Crippen molar-refractivity contribution in [2.45, 2.75) is 45.7 Å². The highest BCUT2D eigenvalue weighted by Gasteiger charge is 2.46. The molecule has 0 aromatic heterocycles. The van der Waals surface area contributed by atoms with Crippen molar-refractivity contribution in [1.29, 1.82) is 0 Å². The van der Waals surface area contributed by atoms with E-state index in [1.807, 2.05) is 13.0 Å². The lowest BCUT2D eigenvalue weighted by Gasteiger charge is -2.27. The summed E-state index contributed by atoms with van der Waals surface area (Å²) in [6.07, 6.45) is 3.43. The SMILES string of the molecule is CC[C@H](C)C(NC(=O)C[C@H](NC(=O)/C=C/c1ccc2c(c1)OCO2)c1ccccc1)C(=O)[C@@H]1C(=O)NC(=O)[C@H]1C. The Labute approximate surface area is 232 Å². The number of carbonyl (C=O) groups is 5. The first-order chi connectivity index (χ1) is 19.2. The van der Waals surface area contributed by atoms with Crippen LogP contribution in [0.5, 0.6) is 11.5 Å². The molecule has 10 nitrogen and oxygen atoms in total. The van der Waals surface area contributed by atoms with Gasteiger partial charge < -0.3 is 20.1 Å². The number of ketones is 1. The zero-order valence-electron chi connectivity index (χ0n) is 22.6. The van der Waals surface area contributed by atoms with E-state index in [1.54, 1.807) is 55.5 Å². The minimum absolute atomic E-state index is 0.140. The van der Waals surface area contributed by atoms with Gasteiger partial charge in [0.15, 0.2) is 17.3 Å². The molecule has 10 heteroatoms. The van der Waals surface area contributed by atoms with E-state index in [1.165, 1.54) is 13.0 Å². The number of rotatable bonds is 11. The van der Waals surface area contributed by atoms with Gasteiger partial charge in [-0.25, -0.2) is 0 Å². The maximum Gasteiger partial charge on any atom is 0.244 e. The molecule has 1 unspecified atom stereocenters. The predicted octanol–water partition coefficient (Wildman–Crippen LogP) is 2.68. The number of hydrogen-bond donors (Lipinski definition) is 3. The van der Waals surface area contributed by atoms with Crippen molar-refractivity contribution >= 4 is 35.5 Å². The van der Waals surface area contributed by atoms with Gasteiger partial charge in [-0.1, -0.05) is 63.6 Å². The molecule has 210 valence electrons. The van der Waals surface area contributed by atoms with Crippen LogP contribution in [0.15, 0.2) is 54.6 Å². The number of imide groups is 1. The first-order valence-electron chi connectivity index (χ1n) is 13.3. The van der Waals surface area contributed by atoms with E-state index in [-0.39, 0.29) is 19.1 Å². The van der Waals surface area contributed by atoms with E-state index in [0.29, 0.717) is 23.5 Å². The van der Waals surface area contributed by atoms with E-state index in [4.69, 9.17) is 9.47 Å². The number of nitrogens with one attached hydrogen (secondary N) is 3. The molecule has 0 bridgehead atoms. The van der Waals surface area contributed by atoms with Gasteiger partial charge in [0.2, 0.25) is 30.4 Å². The summed E-state index contributed by atoms with van der Waals surface area (Å²) in [6, 6.07) is 12.7. The molecule has 0 spiro atoms. The largest absolute Gasteiger partial charge is 0.454 e. The summed E-state index contributed by atoms with van der Waals surface area (Å²) < 4.78 is 10.7. The Hall–Kier alpha value is -4.47. The quantitative estimate of drug-likeness (QED) is 0.223. The Morgan fingerprint density at radius 3 is 2.42 bits per heavy atom. The van der Waals surface area contributed by atoms with Crippen molar-refractivity contribution in [2.24, 2.45) is 17.8 Å². The lowest BCUT2D eigenvalue weighted by molar-refractivity contribution is -0.137. The van der Waals surface area contributed by atoms with Crippen molar-refractivity contribution < 1.29 is 33.4 Å². The Balaban J connectivity index is 1.46. The number of amides is 4. The van der Waals surface area contributed by atoms with Gasteiger partial charge in [0.1, 0.15) is 5.92 Å². The summed E-state index contributed by atoms with van der Waals surface area (Å²) in [5, 5.41) is 7.85. The van der Waals surface area contributed by atoms with Crippen LogP contribution in [0.3, 0.4) is 0 Å². The molecular formula is C30H33N3O7. The number of benzene rings is 2. The van der Waals surface area contributed by atoms with Crippen LogP contribution in [-0.4, -0.2) is 42.2 Å². The molecular weight excluding hydrogens is 514 g/mol. The van der Waals surface area contributed by atoms with Crippen molar-refractivity contribution in [3.63, 3.8) is 0 Å². The van der Waals surface area contributed by atoms with Gasteiger partial charge >= 0.3 is 0 Å². The molecule has 2 aromatic rings. The number of Topliss-reactive ketones (excluding diaryl/α,β-unsaturated/α-hetero) is 1. The van der Waals surface area contributed by atoms with Gasteiger partial charge in [-0.05, 0) is 35.3 Å². The Kier molecular flexibility index (Phi) is 8.98. The third-order valence-corrected chi connectivity index (χ3v) is 7.32. The first-order valence-corrected chi connectivity index (χ1v) is 13.3. The fourth-order valence-electron chi connectivity index (χ4n) is 4.75. The number of hydrogen-bond acceptors (Lipinski definition) is 7. The lowest BCUT2D eigenvalue weighted by atomic mass is 9.83. The van der Waals surface area contributed by atoms with Crippen LogP contribution < -0.4 is 25.4 Å². The average molecular weight is 548 g/mol. The molecule has 2 aliphatic rings. The predicted molar refractivity (Wildman–Crippen MR) is 146 cm³/mol. The topological polar surface area (TPSA) is 140 Å². The summed E-state index contributed by atoms with van der Waals surface area (Å²) in [7, 11) is 0. The smallest absolute Gasteiger partial charge is 0.244 e. The van der Waals surface area contributed by atoms with Gasteiger partial charge in [0, 0.05) is 6.08 Å². The fourth-order valence-corrected chi connectivity index (χ4v) is 4.75. The summed E-state index contributed by atoms with van der Waals surface area (Å²) in [6.45, 7) is 5.36. The van der Waals surface area contributed by atoms with E-state index in [2.05, 4.69) is 16.0 Å². The van der Waals surface area contributed by atoms with Crippen LogP contribution >= 0.6 is 0 Å². The zero-order chi connectivity index (χ0) is 28.8. The molecule has 0 saturated carbocycles. The van der Waals surface area contributed by atoms with Crippen LogP contribution in [0.25, 0.3) is 6.08 Å². The minimum atomic E-state index is -1.15. The molecule has 1 fully saturated rings. The van der Waals surface area contributed by atoms with Crippen molar-refractivity contribution in [3.8, 4) is 11.5 Å². The Morgan fingerprint density at radius 1 is 1.02 bits per heavy atom. The highest BCUT2D eigenvalue weighted by molar-refractivity contribution is 6.16. The molecule has 2 heterocycles. The molecule has 2 aromatic carbocycles. The van der Waals surface area contributed by atoms with Gasteiger partial charge in [-0.2, -0.15) is 0 Å². The monoisotopic (exact) mass is 547 g/mol. The Bertz CT molecular complexity index is 1320. The molecule has 0 radical (unpaired) electrons. The summed E-state index contributed by atoms with van der Waals surface area (Å²) in [5.74, 6) is -3.52. The maximum atomic E-state index is 13.3. The summed E-state index contributed by atoms with van der Waals surface area (Å²) in [5.41, 5.74) is 1.45. The minimum Gasteiger partial charge on any atom is -0.454 e. The second kappa shape index (κ2) is 12.6. The average Bonchev–Trinajstić information content (AvgIpc) is 3.52. The second-order valence-electron chi connectivity index (χ2n) is 10.1. The molecule has 2 aliphatic heterocycles. The third-order valence-electron chi connectivity index (χ3n) is 7.32. The van der Waals surface area contributed by atoms with E-state index >= 15 is 0 Å². The number of fused-ring (bicyclic) bond motifs is 1. The lowest BCUT2D eigenvalue weighted by Crippen LogP contribution is -2.50. The normalized spacial score (nSPS) is 20.1. The van der Waals surface area contributed by atoms with E-state index in [0.717, 1.165) is 5.56 Å². The highest BCUT2D eigenvalue weighted by Crippen LogP contribution is 2.33. The number of carbonyl (C=O) groups excluding carboxylic acids is 5. The van der Waals surface area contributed by atoms with Gasteiger partial charge in [-0.3, -0.25) is 29.3 Å². The standard InChI is InChI=1S/C30H33N3O7/c1-4-17(2)27(28(36)26-18(3)29(37)33-30(26)38)32-25(35)15-21(20-8-6-5-7-9-20)31-24(34)13-11-19-10-12-22-23(14-19)40-16-39-22/h5-14,17-18,21,26-27H,4,15-16H2,1-3H3,(H,31,34)(H,32,35)(H,33,37,38)/b13-11+/t17-,18-,21-,26+,27?/m0/s1. The van der Waals surface area contributed by atoms with Gasteiger partial charge in [-0.15, -0.1) is 0 Å². The summed E-state index contributed by atoms with van der Waals surface area (Å²) in [4.78, 5) is 63.7. The zero-order valence-corrected chi connectivity index (χ0v) is 22.6. The molecule has 40 heavy (non-hydrogen) atoms. The fraction of sp³-hybridized carbons (Fsp3) is 0.367. The van der Waals surface area contributed by atoms with Crippen molar-refractivity contribution in [3.05, 3.63) is 65.7 Å². The van der Waals surface area contributed by atoms with E-state index in [9.17, 15) is 24.0 Å². The maximum absolute atomic E-state index is 13.3. The number of ether oxygens (including phenoxy) is 2. The molecule has 5 atom stereocenters. The first kappa shape index (κ1) is 28.5. The molecule has 0 aliphatic carbocycles. The second-order valence-corrected chi connectivity index (χ2v) is 10.1. The van der Waals surface area contributed by atoms with Crippen LogP contribution in [0.1, 0.15) is 50.8 Å². The van der Waals surface area contributed by atoms with Crippen molar-refractivity contribution in [1.82, 2.24) is 16.0 Å². The molecule has 1 saturated heterocycles. The molecule has 3 N–H and O–H groups in total. The van der Waals surface area contributed by atoms with Crippen LogP contribution in [-0.2, 0) is 24.0 Å². The summed E-state index contributed by atoms with van der Waals surface area (Å²) >= 11 is 0.